The number of hydrogen-bond acceptors (Lipinski definition) is 4. The number of fused-ring (bicyclic) bond motifs is 1. The van der Waals surface area contributed by atoms with Crippen LogP contribution in [-0.4, -0.2) is 27.6 Å². The Kier molecular flexibility index (Phi) is 3.75. The zero-order valence-electron chi connectivity index (χ0n) is 11.4. The molecule has 1 aliphatic heterocycles. The van der Waals surface area contributed by atoms with E-state index in [9.17, 15) is 5.11 Å². The fourth-order valence-electron chi connectivity index (χ4n) is 3.06. The Labute approximate surface area is 117 Å². The van der Waals surface area contributed by atoms with Gasteiger partial charge in [0.25, 0.3) is 0 Å². The lowest BCUT2D eigenvalue weighted by Gasteiger charge is -2.32. The summed E-state index contributed by atoms with van der Waals surface area (Å²) in [5, 5.41) is 11.6. The lowest BCUT2D eigenvalue weighted by Crippen LogP contribution is -2.34. The molecule has 1 aliphatic rings. The van der Waals surface area contributed by atoms with Gasteiger partial charge in [-0.15, -0.1) is 11.3 Å². The van der Waals surface area contributed by atoms with Crippen LogP contribution in [0.5, 0.6) is 0 Å². The van der Waals surface area contributed by atoms with Crippen molar-refractivity contribution in [2.45, 2.75) is 39.2 Å². The first-order valence-corrected chi connectivity index (χ1v) is 8.01. The van der Waals surface area contributed by atoms with Crippen LogP contribution in [0.3, 0.4) is 0 Å². The minimum atomic E-state index is 0.0577. The van der Waals surface area contributed by atoms with Crippen molar-refractivity contribution < 1.29 is 5.11 Å². The number of nitrogens with zero attached hydrogens (tertiary/aromatic N) is 3. The SMILES string of the molecule is CCCC1CCN(c2nc3sccn3c2CO)CC1. The molecule has 0 atom stereocenters. The summed E-state index contributed by atoms with van der Waals surface area (Å²) in [6.07, 6.45) is 7.13. The van der Waals surface area contributed by atoms with Crippen LogP contribution in [0.2, 0.25) is 0 Å². The first kappa shape index (κ1) is 12.9. The molecule has 3 heterocycles. The summed E-state index contributed by atoms with van der Waals surface area (Å²) in [6.45, 7) is 4.47. The van der Waals surface area contributed by atoms with Gasteiger partial charge in [-0.1, -0.05) is 19.8 Å². The van der Waals surface area contributed by atoms with Gasteiger partial charge < -0.3 is 10.0 Å². The third-order valence-corrected chi connectivity index (χ3v) is 4.86. The number of aliphatic hydroxyl groups is 1. The Morgan fingerprint density at radius 3 is 2.89 bits per heavy atom. The average molecular weight is 279 g/mol. The molecule has 1 saturated heterocycles. The number of rotatable bonds is 4. The van der Waals surface area contributed by atoms with Crippen molar-refractivity contribution in [2.75, 3.05) is 18.0 Å². The fourth-order valence-corrected chi connectivity index (χ4v) is 3.79. The van der Waals surface area contributed by atoms with E-state index in [4.69, 9.17) is 0 Å². The Morgan fingerprint density at radius 1 is 1.42 bits per heavy atom. The highest BCUT2D eigenvalue weighted by atomic mass is 32.1. The van der Waals surface area contributed by atoms with Crippen LogP contribution in [0.1, 0.15) is 38.3 Å². The number of aliphatic hydroxyl groups excluding tert-OH is 1. The Balaban J connectivity index is 1.79. The first-order valence-electron chi connectivity index (χ1n) is 7.13. The van der Waals surface area contributed by atoms with Crippen molar-refractivity contribution in [3.63, 3.8) is 0 Å². The first-order chi connectivity index (χ1) is 9.33. The molecular formula is C14H21N3OS. The molecule has 0 aromatic carbocycles. The van der Waals surface area contributed by atoms with Crippen LogP contribution in [-0.2, 0) is 6.61 Å². The summed E-state index contributed by atoms with van der Waals surface area (Å²) in [5.74, 6) is 1.87. The van der Waals surface area contributed by atoms with Gasteiger partial charge >= 0.3 is 0 Å². The molecule has 3 rings (SSSR count). The van der Waals surface area contributed by atoms with E-state index >= 15 is 0 Å². The van der Waals surface area contributed by atoms with E-state index in [1.165, 1.54) is 25.7 Å². The molecule has 0 saturated carbocycles. The van der Waals surface area contributed by atoms with Crippen LogP contribution in [0.15, 0.2) is 11.6 Å². The molecule has 2 aromatic heterocycles. The molecule has 19 heavy (non-hydrogen) atoms. The summed E-state index contributed by atoms with van der Waals surface area (Å²) in [7, 11) is 0. The predicted octanol–water partition coefficient (Wildman–Crippen LogP) is 2.90. The highest BCUT2D eigenvalue weighted by molar-refractivity contribution is 7.15. The molecular weight excluding hydrogens is 258 g/mol. The zero-order chi connectivity index (χ0) is 13.2. The monoisotopic (exact) mass is 279 g/mol. The minimum Gasteiger partial charge on any atom is -0.390 e. The molecule has 5 heteroatoms. The Hall–Kier alpha value is -1.07. The van der Waals surface area contributed by atoms with E-state index in [0.29, 0.717) is 0 Å². The van der Waals surface area contributed by atoms with Crippen LogP contribution < -0.4 is 4.90 Å². The number of imidazole rings is 1. The van der Waals surface area contributed by atoms with Crippen molar-refractivity contribution >= 4 is 22.1 Å². The average Bonchev–Trinajstić information content (AvgIpc) is 3.00. The molecule has 0 spiro atoms. The number of aromatic nitrogens is 2. The van der Waals surface area contributed by atoms with Crippen LogP contribution in [0.25, 0.3) is 4.96 Å². The number of thiazole rings is 1. The fraction of sp³-hybridized carbons (Fsp3) is 0.643. The van der Waals surface area contributed by atoms with Gasteiger partial charge in [-0.25, -0.2) is 4.98 Å². The molecule has 1 N–H and O–H groups in total. The van der Waals surface area contributed by atoms with Crippen LogP contribution >= 0.6 is 11.3 Å². The Bertz CT molecular complexity index is 540. The van der Waals surface area contributed by atoms with Gasteiger partial charge in [-0.2, -0.15) is 0 Å². The maximum Gasteiger partial charge on any atom is 0.195 e. The highest BCUT2D eigenvalue weighted by Gasteiger charge is 2.23. The van der Waals surface area contributed by atoms with Gasteiger partial charge in [0.15, 0.2) is 10.8 Å². The Morgan fingerprint density at radius 2 is 2.21 bits per heavy atom. The number of piperidine rings is 1. The molecule has 1 fully saturated rings. The summed E-state index contributed by atoms with van der Waals surface area (Å²) >= 11 is 1.62. The maximum absolute atomic E-state index is 9.61. The van der Waals surface area contributed by atoms with Gasteiger partial charge in [-0.05, 0) is 18.8 Å². The van der Waals surface area contributed by atoms with Gasteiger partial charge in [0, 0.05) is 24.7 Å². The molecule has 0 unspecified atom stereocenters. The maximum atomic E-state index is 9.61. The third kappa shape index (κ3) is 2.37. The molecule has 4 nitrogen and oxygen atoms in total. The quantitative estimate of drug-likeness (QED) is 0.935. The van der Waals surface area contributed by atoms with E-state index in [1.54, 1.807) is 11.3 Å². The van der Waals surface area contributed by atoms with Gasteiger partial charge in [0.05, 0.1) is 12.3 Å². The topological polar surface area (TPSA) is 40.8 Å². The van der Waals surface area contributed by atoms with Gasteiger partial charge in [-0.3, -0.25) is 4.40 Å². The molecule has 0 aliphatic carbocycles. The summed E-state index contributed by atoms with van der Waals surface area (Å²) < 4.78 is 2.01. The van der Waals surface area contributed by atoms with E-state index in [2.05, 4.69) is 16.8 Å². The van der Waals surface area contributed by atoms with Crippen molar-refractivity contribution in [3.8, 4) is 0 Å². The molecule has 104 valence electrons. The van der Waals surface area contributed by atoms with Gasteiger partial charge in [0.1, 0.15) is 0 Å². The van der Waals surface area contributed by atoms with Gasteiger partial charge in [0.2, 0.25) is 0 Å². The lowest BCUT2D eigenvalue weighted by atomic mass is 9.92. The van der Waals surface area contributed by atoms with Crippen LogP contribution in [0.4, 0.5) is 5.82 Å². The normalized spacial score (nSPS) is 17.5. The molecule has 0 bridgehead atoms. The highest BCUT2D eigenvalue weighted by Crippen LogP contribution is 2.29. The van der Waals surface area contributed by atoms with Crippen molar-refractivity contribution in [1.29, 1.82) is 0 Å². The minimum absolute atomic E-state index is 0.0577. The van der Waals surface area contributed by atoms with Crippen molar-refractivity contribution in [1.82, 2.24) is 9.38 Å². The number of anilines is 1. The standard InChI is InChI=1S/C14H21N3OS/c1-2-3-11-4-6-16(7-5-11)13-12(10-18)17-8-9-19-14(17)15-13/h8-9,11,18H,2-7,10H2,1H3. The molecule has 2 aromatic rings. The summed E-state index contributed by atoms with van der Waals surface area (Å²) in [4.78, 5) is 8.01. The van der Waals surface area contributed by atoms with E-state index in [1.807, 2.05) is 16.0 Å². The second kappa shape index (κ2) is 5.51. The zero-order valence-corrected chi connectivity index (χ0v) is 12.2. The number of hydrogen-bond donors (Lipinski definition) is 1. The largest absolute Gasteiger partial charge is 0.390 e. The summed E-state index contributed by atoms with van der Waals surface area (Å²) in [5.41, 5.74) is 0.935. The summed E-state index contributed by atoms with van der Waals surface area (Å²) in [6, 6.07) is 0. The lowest BCUT2D eigenvalue weighted by molar-refractivity contribution is 0.275. The predicted molar refractivity (Wildman–Crippen MR) is 78.8 cm³/mol. The van der Waals surface area contributed by atoms with Crippen molar-refractivity contribution in [2.24, 2.45) is 5.92 Å². The van der Waals surface area contributed by atoms with E-state index < -0.39 is 0 Å². The van der Waals surface area contributed by atoms with E-state index in [-0.39, 0.29) is 6.61 Å². The molecule has 0 amide bonds. The third-order valence-electron chi connectivity index (χ3n) is 4.10. The molecule has 0 radical (unpaired) electrons. The van der Waals surface area contributed by atoms with Crippen LogP contribution in [0, 0.1) is 5.92 Å². The smallest absolute Gasteiger partial charge is 0.195 e. The van der Waals surface area contributed by atoms with E-state index in [0.717, 1.165) is 35.5 Å². The second-order valence-electron chi connectivity index (χ2n) is 5.31. The van der Waals surface area contributed by atoms with Crippen molar-refractivity contribution in [3.05, 3.63) is 17.3 Å². The second-order valence-corrected chi connectivity index (χ2v) is 6.19.